The van der Waals surface area contributed by atoms with E-state index in [0.29, 0.717) is 31.3 Å². The predicted molar refractivity (Wildman–Crippen MR) is 114 cm³/mol. The molecule has 0 radical (unpaired) electrons. The number of benzene rings is 2. The molecule has 0 bridgehead atoms. The fourth-order valence-electron chi connectivity index (χ4n) is 3.04. The Kier molecular flexibility index (Phi) is 8.13. The maximum Gasteiger partial charge on any atom is 0.416 e. The molecule has 2 aromatic rings. The van der Waals surface area contributed by atoms with Gasteiger partial charge in [0.05, 0.1) is 31.1 Å². The number of hydrogen-bond donors (Lipinski definition) is 0. The standard InChI is InChI=1S/C23H27F3O4S/c1-3-11-27-21-10-9-20(14-17(21)2)31-16-22(29-12-4-13-30-22)15-28-19-7-5-18(6-8-19)23(24,25)26/h5-10,14H,3-4,11-13,15-16H2,1-2H3. The van der Waals surface area contributed by atoms with E-state index in [4.69, 9.17) is 18.9 Å². The van der Waals surface area contributed by atoms with Gasteiger partial charge in [-0.2, -0.15) is 13.2 Å². The molecular weight excluding hydrogens is 429 g/mol. The summed E-state index contributed by atoms with van der Waals surface area (Å²) in [5.41, 5.74) is 0.344. The average molecular weight is 457 g/mol. The summed E-state index contributed by atoms with van der Waals surface area (Å²) in [7, 11) is 0. The maximum atomic E-state index is 12.7. The van der Waals surface area contributed by atoms with Crippen LogP contribution < -0.4 is 9.47 Å². The lowest BCUT2D eigenvalue weighted by Gasteiger charge is -2.36. The van der Waals surface area contributed by atoms with Crippen LogP contribution in [-0.4, -0.2) is 38.0 Å². The van der Waals surface area contributed by atoms with Gasteiger partial charge < -0.3 is 18.9 Å². The molecule has 31 heavy (non-hydrogen) atoms. The molecule has 0 spiro atoms. The van der Waals surface area contributed by atoms with E-state index >= 15 is 0 Å². The normalized spacial score (nSPS) is 16.2. The van der Waals surface area contributed by atoms with Crippen molar-refractivity contribution in [3.63, 3.8) is 0 Å². The second kappa shape index (κ2) is 10.6. The van der Waals surface area contributed by atoms with E-state index in [2.05, 4.69) is 13.0 Å². The van der Waals surface area contributed by atoms with Crippen molar-refractivity contribution < 1.29 is 32.1 Å². The minimum absolute atomic E-state index is 0.0854. The minimum Gasteiger partial charge on any atom is -0.493 e. The summed E-state index contributed by atoms with van der Waals surface area (Å²) in [6.07, 6.45) is -2.64. The molecule has 1 saturated heterocycles. The van der Waals surface area contributed by atoms with Crippen LogP contribution in [0.3, 0.4) is 0 Å². The van der Waals surface area contributed by atoms with E-state index in [1.54, 1.807) is 11.8 Å². The molecule has 0 N–H and O–H groups in total. The number of hydrogen-bond acceptors (Lipinski definition) is 5. The zero-order valence-electron chi connectivity index (χ0n) is 17.7. The Balaban J connectivity index is 1.62. The number of aryl methyl sites for hydroxylation is 1. The van der Waals surface area contributed by atoms with E-state index in [0.717, 1.165) is 41.2 Å². The molecule has 1 fully saturated rings. The van der Waals surface area contributed by atoms with Crippen molar-refractivity contribution >= 4 is 11.8 Å². The lowest BCUT2D eigenvalue weighted by atomic mass is 10.2. The molecule has 8 heteroatoms. The zero-order valence-corrected chi connectivity index (χ0v) is 18.5. The van der Waals surface area contributed by atoms with Crippen LogP contribution in [0.15, 0.2) is 47.4 Å². The zero-order chi connectivity index (χ0) is 22.3. The van der Waals surface area contributed by atoms with Gasteiger partial charge in [0, 0.05) is 4.90 Å². The molecule has 0 aliphatic carbocycles. The molecule has 1 aliphatic rings. The van der Waals surface area contributed by atoms with Crippen LogP contribution in [0.4, 0.5) is 13.2 Å². The molecule has 0 unspecified atom stereocenters. The van der Waals surface area contributed by atoms with Crippen LogP contribution >= 0.6 is 11.8 Å². The van der Waals surface area contributed by atoms with Crippen molar-refractivity contribution in [2.45, 2.75) is 43.5 Å². The van der Waals surface area contributed by atoms with Gasteiger partial charge in [-0.1, -0.05) is 6.92 Å². The quantitative estimate of drug-likeness (QED) is 0.426. The summed E-state index contributed by atoms with van der Waals surface area (Å²) in [6, 6.07) is 10.6. The van der Waals surface area contributed by atoms with Crippen LogP contribution in [0, 0.1) is 6.92 Å². The van der Waals surface area contributed by atoms with E-state index in [-0.39, 0.29) is 6.61 Å². The average Bonchev–Trinajstić information content (AvgIpc) is 2.76. The van der Waals surface area contributed by atoms with Gasteiger partial charge in [0.1, 0.15) is 18.1 Å². The van der Waals surface area contributed by atoms with Gasteiger partial charge in [0.15, 0.2) is 0 Å². The van der Waals surface area contributed by atoms with E-state index in [1.807, 2.05) is 19.1 Å². The number of halogens is 3. The molecule has 0 atom stereocenters. The third kappa shape index (κ3) is 6.79. The molecule has 1 aliphatic heterocycles. The Hall–Kier alpha value is -1.90. The third-order valence-corrected chi connectivity index (χ3v) is 5.90. The largest absolute Gasteiger partial charge is 0.493 e. The Morgan fingerprint density at radius 1 is 1.03 bits per heavy atom. The molecular formula is C23H27F3O4S. The first kappa shape index (κ1) is 23.8. The van der Waals surface area contributed by atoms with Gasteiger partial charge in [-0.3, -0.25) is 0 Å². The van der Waals surface area contributed by atoms with E-state index < -0.39 is 17.5 Å². The van der Waals surface area contributed by atoms with Crippen molar-refractivity contribution in [1.29, 1.82) is 0 Å². The van der Waals surface area contributed by atoms with Crippen LogP contribution in [0.5, 0.6) is 11.5 Å². The van der Waals surface area contributed by atoms with Crippen molar-refractivity contribution in [3.8, 4) is 11.5 Å². The van der Waals surface area contributed by atoms with Crippen molar-refractivity contribution in [2.75, 3.05) is 32.2 Å². The number of thioether (sulfide) groups is 1. The Bertz CT molecular complexity index is 834. The predicted octanol–water partition coefficient (Wildman–Crippen LogP) is 6.11. The number of alkyl halides is 3. The van der Waals surface area contributed by atoms with Crippen LogP contribution in [-0.2, 0) is 15.7 Å². The van der Waals surface area contributed by atoms with Crippen LogP contribution in [0.2, 0.25) is 0 Å². The monoisotopic (exact) mass is 456 g/mol. The first-order chi connectivity index (χ1) is 14.8. The summed E-state index contributed by atoms with van der Waals surface area (Å²) < 4.78 is 61.5. The third-order valence-electron chi connectivity index (χ3n) is 4.73. The first-order valence-corrected chi connectivity index (χ1v) is 11.2. The molecule has 2 aromatic carbocycles. The van der Waals surface area contributed by atoms with E-state index in [9.17, 15) is 13.2 Å². The van der Waals surface area contributed by atoms with Crippen molar-refractivity contribution in [1.82, 2.24) is 0 Å². The minimum atomic E-state index is -4.37. The fraction of sp³-hybridized carbons (Fsp3) is 0.478. The van der Waals surface area contributed by atoms with Gasteiger partial charge in [0.2, 0.25) is 5.79 Å². The lowest BCUT2D eigenvalue weighted by molar-refractivity contribution is -0.263. The first-order valence-electron chi connectivity index (χ1n) is 10.3. The summed E-state index contributed by atoms with van der Waals surface area (Å²) in [5.74, 6) is 0.735. The van der Waals surface area contributed by atoms with Crippen molar-refractivity contribution in [3.05, 3.63) is 53.6 Å². The molecule has 0 amide bonds. The molecule has 0 saturated carbocycles. The number of ether oxygens (including phenoxy) is 4. The second-order valence-electron chi connectivity index (χ2n) is 7.34. The molecule has 1 heterocycles. The molecule has 170 valence electrons. The van der Waals surface area contributed by atoms with Gasteiger partial charge in [-0.15, -0.1) is 11.8 Å². The fourth-order valence-corrected chi connectivity index (χ4v) is 4.10. The highest BCUT2D eigenvalue weighted by Gasteiger charge is 2.36. The topological polar surface area (TPSA) is 36.9 Å². The molecule has 0 aromatic heterocycles. The highest BCUT2D eigenvalue weighted by atomic mass is 32.2. The smallest absolute Gasteiger partial charge is 0.416 e. The summed E-state index contributed by atoms with van der Waals surface area (Å²) in [6.45, 7) is 5.92. The SMILES string of the molecule is CCCOc1ccc(SCC2(COc3ccc(C(F)(F)F)cc3)OCCCO2)cc1C. The van der Waals surface area contributed by atoms with Gasteiger partial charge in [-0.05, 0) is 67.8 Å². The van der Waals surface area contributed by atoms with Gasteiger partial charge >= 0.3 is 6.18 Å². The highest BCUT2D eigenvalue weighted by Crippen LogP contribution is 2.33. The second-order valence-corrected chi connectivity index (χ2v) is 8.39. The Morgan fingerprint density at radius 2 is 1.74 bits per heavy atom. The molecule has 3 rings (SSSR count). The Morgan fingerprint density at radius 3 is 2.35 bits per heavy atom. The lowest BCUT2D eigenvalue weighted by Crippen LogP contribution is -2.48. The summed E-state index contributed by atoms with van der Waals surface area (Å²) in [5, 5.41) is 0. The highest BCUT2D eigenvalue weighted by molar-refractivity contribution is 7.99. The van der Waals surface area contributed by atoms with Gasteiger partial charge in [-0.25, -0.2) is 0 Å². The summed E-state index contributed by atoms with van der Waals surface area (Å²) in [4.78, 5) is 1.05. The number of rotatable bonds is 9. The van der Waals surface area contributed by atoms with E-state index in [1.165, 1.54) is 12.1 Å². The van der Waals surface area contributed by atoms with Crippen LogP contribution in [0.25, 0.3) is 0 Å². The van der Waals surface area contributed by atoms with Crippen LogP contribution in [0.1, 0.15) is 30.9 Å². The van der Waals surface area contributed by atoms with Crippen molar-refractivity contribution in [2.24, 2.45) is 0 Å². The summed E-state index contributed by atoms with van der Waals surface area (Å²) >= 11 is 1.58. The Labute approximate surface area is 185 Å². The maximum absolute atomic E-state index is 12.7. The molecule has 4 nitrogen and oxygen atoms in total. The van der Waals surface area contributed by atoms with Gasteiger partial charge in [0.25, 0.3) is 0 Å².